The Morgan fingerprint density at radius 2 is 1.93 bits per heavy atom. The maximum Gasteiger partial charge on any atom is 0.235 e. The van der Waals surface area contributed by atoms with Gasteiger partial charge in [0.25, 0.3) is 0 Å². The van der Waals surface area contributed by atoms with Crippen LogP contribution >= 0.6 is 23.2 Å². The van der Waals surface area contributed by atoms with Gasteiger partial charge >= 0.3 is 0 Å². The van der Waals surface area contributed by atoms with E-state index >= 15 is 0 Å². The molecular weight excluding hydrogens is 399 g/mol. The molecule has 28 heavy (non-hydrogen) atoms. The number of nitrogens with one attached hydrogen (secondary N) is 2. The van der Waals surface area contributed by atoms with Gasteiger partial charge in [-0.1, -0.05) is 29.6 Å². The molecule has 2 heterocycles. The molecule has 0 aromatic heterocycles. The molecule has 1 fully saturated rings. The summed E-state index contributed by atoms with van der Waals surface area (Å²) in [6.07, 6.45) is 7.74. The van der Waals surface area contributed by atoms with Gasteiger partial charge in [0.05, 0.1) is 21.1 Å². The van der Waals surface area contributed by atoms with E-state index in [1.807, 2.05) is 12.1 Å². The second-order valence-corrected chi connectivity index (χ2v) is 7.83. The number of halogens is 2. The first-order valence-corrected chi connectivity index (χ1v) is 9.69. The van der Waals surface area contributed by atoms with Gasteiger partial charge in [-0.25, -0.2) is 10.0 Å². The number of carbonyl (C=O) groups excluding carboxylic acids is 1. The Hall–Kier alpha value is -2.70. The van der Waals surface area contributed by atoms with Gasteiger partial charge in [0.1, 0.15) is 12.1 Å². The number of hydrogen-bond acceptors (Lipinski definition) is 5. The molecule has 6 nitrogen and oxygen atoms in total. The first-order chi connectivity index (χ1) is 13.6. The van der Waals surface area contributed by atoms with Crippen LogP contribution < -0.4 is 20.5 Å². The van der Waals surface area contributed by atoms with Crippen molar-refractivity contribution in [2.75, 3.05) is 10.3 Å². The molecule has 0 saturated heterocycles. The largest absolute Gasteiger partial charge is 0.454 e. The fraction of sp³-hybridized carbons (Fsp3) is 0.200. The van der Waals surface area contributed by atoms with Gasteiger partial charge in [-0.05, 0) is 48.7 Å². The van der Waals surface area contributed by atoms with Gasteiger partial charge in [-0.2, -0.15) is 0 Å². The van der Waals surface area contributed by atoms with Crippen LogP contribution in [0.5, 0.6) is 11.5 Å². The highest BCUT2D eigenvalue weighted by Gasteiger charge is 2.51. The summed E-state index contributed by atoms with van der Waals surface area (Å²) in [5.74, 6) is 1.05. The van der Waals surface area contributed by atoms with Gasteiger partial charge in [-0.15, -0.1) is 0 Å². The minimum atomic E-state index is -0.404. The maximum atomic E-state index is 12.4. The number of nitrogens with zero attached hydrogens (tertiary/aromatic N) is 2. The van der Waals surface area contributed by atoms with Crippen molar-refractivity contribution in [2.24, 2.45) is 4.99 Å². The van der Waals surface area contributed by atoms with Crippen molar-refractivity contribution in [2.45, 2.75) is 24.7 Å². The Morgan fingerprint density at radius 1 is 1.14 bits per heavy atom. The molecule has 142 valence electrons. The summed E-state index contributed by atoms with van der Waals surface area (Å²) >= 11 is 12.9. The maximum absolute atomic E-state index is 12.4. The molecule has 0 unspecified atom stereocenters. The number of amides is 1. The van der Waals surface area contributed by atoms with Crippen molar-refractivity contribution >= 4 is 46.8 Å². The Kier molecular flexibility index (Phi) is 4.00. The number of carbonyl (C=O) groups is 1. The van der Waals surface area contributed by atoms with E-state index in [2.05, 4.69) is 15.7 Å². The lowest BCUT2D eigenvalue weighted by Crippen LogP contribution is -2.40. The van der Waals surface area contributed by atoms with Crippen LogP contribution in [0.25, 0.3) is 0 Å². The molecule has 1 aliphatic carbocycles. The highest BCUT2D eigenvalue weighted by atomic mass is 35.5. The van der Waals surface area contributed by atoms with Crippen molar-refractivity contribution < 1.29 is 9.53 Å². The quantitative estimate of drug-likeness (QED) is 0.742. The summed E-state index contributed by atoms with van der Waals surface area (Å²) in [7, 11) is 0. The molecular formula is C20H16Cl2N4O2. The van der Waals surface area contributed by atoms with Crippen LogP contribution in [-0.4, -0.2) is 12.2 Å². The predicted octanol–water partition coefficient (Wildman–Crippen LogP) is 4.98. The van der Waals surface area contributed by atoms with Crippen LogP contribution in [0.4, 0.5) is 11.4 Å². The molecule has 2 aromatic carbocycles. The number of rotatable bonds is 3. The second-order valence-electron chi connectivity index (χ2n) is 7.02. The topological polar surface area (TPSA) is 66.0 Å². The van der Waals surface area contributed by atoms with Crippen LogP contribution in [0.15, 0.2) is 47.7 Å². The summed E-state index contributed by atoms with van der Waals surface area (Å²) in [6, 6.07) is 9.07. The fourth-order valence-electron chi connectivity index (χ4n) is 3.82. The monoisotopic (exact) mass is 414 g/mol. The van der Waals surface area contributed by atoms with Crippen LogP contribution in [-0.2, 0) is 10.2 Å². The third kappa shape index (κ3) is 2.64. The summed E-state index contributed by atoms with van der Waals surface area (Å²) < 4.78 is 6.02. The Morgan fingerprint density at radius 3 is 2.57 bits per heavy atom. The lowest BCUT2D eigenvalue weighted by Gasteiger charge is -2.36. The summed E-state index contributed by atoms with van der Waals surface area (Å²) in [5, 5.41) is 5.41. The number of anilines is 2. The zero-order valence-electron chi connectivity index (χ0n) is 14.7. The van der Waals surface area contributed by atoms with E-state index in [1.54, 1.807) is 41.9 Å². The SMILES string of the molecule is O=C1Nc2ccc(Oc3c(Cl)cc(N4C=NC=CN4)cc3Cl)cc2C12CCC2. The number of fused-ring (bicyclic) bond motifs is 2. The average molecular weight is 415 g/mol. The number of hydrazine groups is 1. The first-order valence-electron chi connectivity index (χ1n) is 8.93. The van der Waals surface area contributed by atoms with Crippen molar-refractivity contribution in [1.82, 2.24) is 5.43 Å². The van der Waals surface area contributed by atoms with Gasteiger partial charge < -0.3 is 10.1 Å². The minimum Gasteiger partial charge on any atom is -0.454 e. The Bertz CT molecular complexity index is 1020. The number of benzene rings is 2. The summed E-state index contributed by atoms with van der Waals surface area (Å²) in [5.41, 5.74) is 5.19. The molecule has 2 aliphatic heterocycles. The third-order valence-corrected chi connectivity index (χ3v) is 6.00. The second kappa shape index (κ2) is 6.43. The molecule has 5 rings (SSSR count). The standard InChI is InChI=1S/C20H16Cl2N4O2/c21-15-8-12(26-11-23-6-7-24-26)9-16(22)18(15)28-13-2-3-17-14(10-13)20(4-1-5-20)19(27)25-17/h2-3,6-11,24H,1,4-5H2,(H,25,27). The van der Waals surface area contributed by atoms with Gasteiger partial charge in [0.15, 0.2) is 5.75 Å². The van der Waals surface area contributed by atoms with Crippen LogP contribution in [0.2, 0.25) is 10.0 Å². The smallest absolute Gasteiger partial charge is 0.235 e. The molecule has 0 bridgehead atoms. The zero-order valence-corrected chi connectivity index (χ0v) is 16.2. The van der Waals surface area contributed by atoms with E-state index in [0.717, 1.165) is 36.2 Å². The lowest BCUT2D eigenvalue weighted by atomic mass is 9.65. The minimum absolute atomic E-state index is 0.0797. The molecule has 3 aliphatic rings. The van der Waals surface area contributed by atoms with Gasteiger partial charge in [0.2, 0.25) is 5.91 Å². The fourth-order valence-corrected chi connectivity index (χ4v) is 4.37. The van der Waals surface area contributed by atoms with Crippen LogP contribution in [0, 0.1) is 0 Å². The number of aliphatic imine (C=N–C) groups is 1. The van der Waals surface area contributed by atoms with E-state index in [0.29, 0.717) is 21.5 Å². The summed E-state index contributed by atoms with van der Waals surface area (Å²) in [4.78, 5) is 16.4. The average Bonchev–Trinajstić information content (AvgIpc) is 2.96. The van der Waals surface area contributed by atoms with E-state index in [4.69, 9.17) is 27.9 Å². The highest BCUT2D eigenvalue weighted by molar-refractivity contribution is 6.37. The normalized spacial score (nSPS) is 18.5. The van der Waals surface area contributed by atoms with Crippen molar-refractivity contribution in [3.63, 3.8) is 0 Å². The zero-order chi connectivity index (χ0) is 19.3. The van der Waals surface area contributed by atoms with Crippen LogP contribution in [0.3, 0.4) is 0 Å². The third-order valence-electron chi connectivity index (χ3n) is 5.43. The van der Waals surface area contributed by atoms with Gasteiger partial charge in [0, 0.05) is 18.1 Å². The van der Waals surface area contributed by atoms with Gasteiger partial charge in [-0.3, -0.25) is 10.2 Å². The van der Waals surface area contributed by atoms with E-state index < -0.39 is 5.41 Å². The molecule has 2 N–H and O–H groups in total. The van der Waals surface area contributed by atoms with Crippen molar-refractivity contribution in [3.05, 3.63) is 58.3 Å². The highest BCUT2D eigenvalue weighted by Crippen LogP contribution is 2.52. The van der Waals surface area contributed by atoms with Crippen LogP contribution in [0.1, 0.15) is 24.8 Å². The molecule has 1 saturated carbocycles. The predicted molar refractivity (Wildman–Crippen MR) is 110 cm³/mol. The van der Waals surface area contributed by atoms with E-state index in [1.165, 1.54) is 0 Å². The molecule has 0 radical (unpaired) electrons. The number of ether oxygens (including phenoxy) is 1. The first kappa shape index (κ1) is 17.4. The Labute approximate surface area is 171 Å². The molecule has 1 spiro atoms. The molecule has 8 heteroatoms. The molecule has 0 atom stereocenters. The molecule has 1 amide bonds. The van der Waals surface area contributed by atoms with E-state index in [9.17, 15) is 4.79 Å². The summed E-state index contributed by atoms with van der Waals surface area (Å²) in [6.45, 7) is 0. The Balaban J connectivity index is 1.45. The van der Waals surface area contributed by atoms with Crippen molar-refractivity contribution in [3.8, 4) is 11.5 Å². The van der Waals surface area contributed by atoms with Crippen molar-refractivity contribution in [1.29, 1.82) is 0 Å². The lowest BCUT2D eigenvalue weighted by molar-refractivity contribution is -0.123. The molecule has 2 aromatic rings. The van der Waals surface area contributed by atoms with E-state index in [-0.39, 0.29) is 5.91 Å². The number of hydrogen-bond donors (Lipinski definition) is 2.